The van der Waals surface area contributed by atoms with E-state index in [0.29, 0.717) is 5.41 Å². The van der Waals surface area contributed by atoms with Crippen molar-refractivity contribution >= 4 is 5.69 Å². The molecule has 3 rings (SSSR count). The highest BCUT2D eigenvalue weighted by molar-refractivity contribution is 5.60. The molecule has 1 aromatic rings. The molecule has 0 bridgehead atoms. The second-order valence-corrected chi connectivity index (χ2v) is 5.02. The van der Waals surface area contributed by atoms with E-state index in [9.17, 15) is 0 Å². The van der Waals surface area contributed by atoms with Gasteiger partial charge in [0.1, 0.15) is 0 Å². The van der Waals surface area contributed by atoms with Gasteiger partial charge in [0, 0.05) is 17.6 Å². The summed E-state index contributed by atoms with van der Waals surface area (Å²) in [6.45, 7) is 4.11. The van der Waals surface area contributed by atoms with Gasteiger partial charge in [0.15, 0.2) is 0 Å². The number of fused-ring (bicyclic) bond motifs is 2. The fraction of sp³-hybridized carbons (Fsp3) is 0.538. The molecule has 1 aliphatic carbocycles. The van der Waals surface area contributed by atoms with Crippen LogP contribution >= 0.6 is 0 Å². The summed E-state index contributed by atoms with van der Waals surface area (Å²) in [4.78, 5) is 0. The van der Waals surface area contributed by atoms with Crippen LogP contribution < -0.4 is 11.1 Å². The number of nitrogens with two attached hydrogens (primary N) is 1. The van der Waals surface area contributed by atoms with Crippen LogP contribution in [0.25, 0.3) is 0 Å². The molecule has 1 aromatic carbocycles. The van der Waals surface area contributed by atoms with E-state index in [1.165, 1.54) is 29.7 Å². The first kappa shape index (κ1) is 9.22. The van der Waals surface area contributed by atoms with Crippen LogP contribution in [0.4, 0.5) is 5.69 Å². The topological polar surface area (TPSA) is 38.0 Å². The largest absolute Gasteiger partial charge is 0.385 e. The van der Waals surface area contributed by atoms with Crippen molar-refractivity contribution in [1.82, 2.24) is 0 Å². The summed E-state index contributed by atoms with van der Waals surface area (Å²) in [7, 11) is 0. The first-order valence-electron chi connectivity index (χ1n) is 5.81. The normalized spacial score (nSPS) is 32.3. The number of hydrogen-bond acceptors (Lipinski definition) is 2. The summed E-state index contributed by atoms with van der Waals surface area (Å²) in [5, 5.41) is 3.49. The molecular formula is C13H18N2. The van der Waals surface area contributed by atoms with Crippen molar-refractivity contribution in [2.45, 2.75) is 25.2 Å². The summed E-state index contributed by atoms with van der Waals surface area (Å²) in [5.41, 5.74) is 10.5. The molecule has 3 N–H and O–H groups in total. The van der Waals surface area contributed by atoms with E-state index in [4.69, 9.17) is 5.73 Å². The lowest BCUT2D eigenvalue weighted by molar-refractivity contribution is 0.558. The maximum Gasteiger partial charge on any atom is 0.0378 e. The van der Waals surface area contributed by atoms with Crippen LogP contribution in [0.5, 0.6) is 0 Å². The van der Waals surface area contributed by atoms with Gasteiger partial charge in [-0.3, -0.25) is 0 Å². The van der Waals surface area contributed by atoms with Gasteiger partial charge in [-0.2, -0.15) is 0 Å². The average molecular weight is 202 g/mol. The minimum Gasteiger partial charge on any atom is -0.385 e. The molecule has 2 atom stereocenters. The third-order valence-corrected chi connectivity index (χ3v) is 4.11. The van der Waals surface area contributed by atoms with Crippen LogP contribution in [0.2, 0.25) is 0 Å². The molecule has 0 radical (unpaired) electrons. The van der Waals surface area contributed by atoms with Gasteiger partial charge >= 0.3 is 0 Å². The van der Waals surface area contributed by atoms with Crippen molar-refractivity contribution in [3.63, 3.8) is 0 Å². The third kappa shape index (κ3) is 1.21. The molecule has 2 unspecified atom stereocenters. The molecule has 1 aliphatic heterocycles. The van der Waals surface area contributed by atoms with Crippen molar-refractivity contribution in [3.05, 3.63) is 29.3 Å². The Morgan fingerprint density at radius 3 is 3.13 bits per heavy atom. The Morgan fingerprint density at radius 2 is 2.40 bits per heavy atom. The van der Waals surface area contributed by atoms with Gasteiger partial charge in [-0.05, 0) is 43.9 Å². The average Bonchev–Trinajstić information content (AvgIpc) is 2.94. The van der Waals surface area contributed by atoms with Gasteiger partial charge in [-0.15, -0.1) is 0 Å². The summed E-state index contributed by atoms with van der Waals surface area (Å²) < 4.78 is 0. The number of aryl methyl sites for hydroxylation is 1. The SMILES string of the molecule is Cc1ccc2c(c1)C1(CCN2)CC1CN. The Bertz CT molecular complexity index is 400. The molecule has 2 heteroatoms. The van der Waals surface area contributed by atoms with Gasteiger partial charge in [-0.1, -0.05) is 17.7 Å². The zero-order valence-corrected chi connectivity index (χ0v) is 9.22. The fourth-order valence-corrected chi connectivity index (χ4v) is 3.10. The molecule has 0 amide bonds. The zero-order chi connectivity index (χ0) is 10.5. The fourth-order valence-electron chi connectivity index (χ4n) is 3.10. The maximum atomic E-state index is 5.81. The van der Waals surface area contributed by atoms with Gasteiger partial charge in [0.2, 0.25) is 0 Å². The minimum atomic E-state index is 0.432. The van der Waals surface area contributed by atoms with Gasteiger partial charge in [-0.25, -0.2) is 0 Å². The van der Waals surface area contributed by atoms with Crippen molar-refractivity contribution in [2.24, 2.45) is 11.7 Å². The second kappa shape index (κ2) is 2.99. The molecular weight excluding hydrogens is 184 g/mol. The third-order valence-electron chi connectivity index (χ3n) is 4.11. The number of anilines is 1. The van der Waals surface area contributed by atoms with Gasteiger partial charge < -0.3 is 11.1 Å². The summed E-state index contributed by atoms with van der Waals surface area (Å²) in [6.07, 6.45) is 2.55. The zero-order valence-electron chi connectivity index (χ0n) is 9.22. The van der Waals surface area contributed by atoms with Crippen LogP contribution in [-0.2, 0) is 5.41 Å². The Hall–Kier alpha value is -1.02. The number of rotatable bonds is 1. The van der Waals surface area contributed by atoms with Crippen molar-refractivity contribution in [3.8, 4) is 0 Å². The van der Waals surface area contributed by atoms with E-state index in [0.717, 1.165) is 19.0 Å². The number of nitrogens with one attached hydrogen (secondary N) is 1. The Kier molecular flexibility index (Phi) is 1.84. The lowest BCUT2D eigenvalue weighted by atomic mass is 9.85. The van der Waals surface area contributed by atoms with Gasteiger partial charge in [0.25, 0.3) is 0 Å². The summed E-state index contributed by atoms with van der Waals surface area (Å²) in [5.74, 6) is 0.722. The lowest BCUT2D eigenvalue weighted by Gasteiger charge is -2.28. The predicted octanol–water partition coefficient (Wildman–Crippen LogP) is 2.03. The lowest BCUT2D eigenvalue weighted by Crippen LogP contribution is -2.25. The molecule has 0 aromatic heterocycles. The number of hydrogen-bond donors (Lipinski definition) is 2. The maximum absolute atomic E-state index is 5.81. The molecule has 0 saturated heterocycles. The van der Waals surface area contributed by atoms with E-state index in [-0.39, 0.29) is 0 Å². The van der Waals surface area contributed by atoms with Crippen LogP contribution in [0.15, 0.2) is 18.2 Å². The Balaban J connectivity index is 2.07. The van der Waals surface area contributed by atoms with E-state index in [2.05, 4.69) is 30.4 Å². The molecule has 15 heavy (non-hydrogen) atoms. The van der Waals surface area contributed by atoms with Crippen LogP contribution in [-0.4, -0.2) is 13.1 Å². The molecule has 1 fully saturated rings. The molecule has 1 heterocycles. The summed E-state index contributed by atoms with van der Waals surface area (Å²) in [6, 6.07) is 6.75. The van der Waals surface area contributed by atoms with E-state index < -0.39 is 0 Å². The van der Waals surface area contributed by atoms with Crippen molar-refractivity contribution < 1.29 is 0 Å². The first-order valence-corrected chi connectivity index (χ1v) is 5.81. The van der Waals surface area contributed by atoms with E-state index in [1.807, 2.05) is 0 Å². The Labute approximate surface area is 90.9 Å². The van der Waals surface area contributed by atoms with Crippen LogP contribution in [0.3, 0.4) is 0 Å². The quantitative estimate of drug-likeness (QED) is 0.731. The highest BCUT2D eigenvalue weighted by Crippen LogP contribution is 2.59. The molecule has 1 saturated carbocycles. The van der Waals surface area contributed by atoms with E-state index >= 15 is 0 Å². The van der Waals surface area contributed by atoms with Crippen LogP contribution in [0, 0.1) is 12.8 Å². The summed E-state index contributed by atoms with van der Waals surface area (Å²) >= 11 is 0. The minimum absolute atomic E-state index is 0.432. The molecule has 80 valence electrons. The standard InChI is InChI=1S/C13H18N2/c1-9-2-3-12-11(6-9)13(4-5-15-12)7-10(13)8-14/h2-3,6,10,15H,4-5,7-8,14H2,1H3. The highest BCUT2D eigenvalue weighted by atomic mass is 14.9. The number of benzene rings is 1. The van der Waals surface area contributed by atoms with Crippen molar-refractivity contribution in [1.29, 1.82) is 0 Å². The molecule has 2 nitrogen and oxygen atoms in total. The first-order chi connectivity index (χ1) is 7.26. The smallest absolute Gasteiger partial charge is 0.0378 e. The monoisotopic (exact) mass is 202 g/mol. The van der Waals surface area contributed by atoms with Gasteiger partial charge in [0.05, 0.1) is 0 Å². The van der Waals surface area contributed by atoms with Crippen LogP contribution in [0.1, 0.15) is 24.0 Å². The molecule has 1 spiro atoms. The van der Waals surface area contributed by atoms with E-state index in [1.54, 1.807) is 0 Å². The second-order valence-electron chi connectivity index (χ2n) is 5.02. The van der Waals surface area contributed by atoms with Crippen molar-refractivity contribution in [2.75, 3.05) is 18.4 Å². The predicted molar refractivity (Wildman–Crippen MR) is 63.1 cm³/mol. The Morgan fingerprint density at radius 1 is 1.53 bits per heavy atom. The molecule has 2 aliphatic rings. The highest BCUT2D eigenvalue weighted by Gasteiger charge is 2.55.